The molecule has 120 valence electrons. The summed E-state index contributed by atoms with van der Waals surface area (Å²) in [6.07, 6.45) is 3.64. The third-order valence-electron chi connectivity index (χ3n) is 3.68. The number of aliphatic hydroxyl groups excluding tert-OH is 1. The molecule has 1 aliphatic carbocycles. The molecule has 2 rings (SSSR count). The van der Waals surface area contributed by atoms with Crippen molar-refractivity contribution in [2.45, 2.75) is 32.8 Å². The molecule has 0 bridgehead atoms. The van der Waals surface area contributed by atoms with Crippen LogP contribution in [0.15, 0.2) is 29.8 Å². The molecule has 0 radical (unpaired) electrons. The largest absolute Gasteiger partial charge is 0.389 e. The lowest BCUT2D eigenvalue weighted by Crippen LogP contribution is -2.35. The molecule has 22 heavy (non-hydrogen) atoms. The van der Waals surface area contributed by atoms with Gasteiger partial charge in [0.25, 0.3) is 0 Å². The number of benzene rings is 1. The van der Waals surface area contributed by atoms with Gasteiger partial charge in [-0.1, -0.05) is 29.8 Å². The van der Waals surface area contributed by atoms with E-state index in [9.17, 15) is 9.90 Å². The van der Waals surface area contributed by atoms with E-state index >= 15 is 0 Å². The third kappa shape index (κ3) is 6.00. The minimum atomic E-state index is -0.658. The molecule has 1 unspecified atom stereocenters. The van der Waals surface area contributed by atoms with Crippen LogP contribution >= 0.6 is 0 Å². The van der Waals surface area contributed by atoms with E-state index < -0.39 is 6.10 Å². The number of hydrogen-bond acceptors (Lipinski definition) is 3. The van der Waals surface area contributed by atoms with Gasteiger partial charge >= 0.3 is 0 Å². The van der Waals surface area contributed by atoms with Crippen molar-refractivity contribution in [3.63, 3.8) is 0 Å². The predicted molar refractivity (Wildman–Crippen MR) is 87.4 cm³/mol. The number of amides is 1. The highest BCUT2D eigenvalue weighted by atomic mass is 16.5. The smallest absolute Gasteiger partial charge is 0.247 e. The van der Waals surface area contributed by atoms with E-state index in [0.29, 0.717) is 11.5 Å². The fourth-order valence-corrected chi connectivity index (χ4v) is 2.04. The fraction of sp³-hybridized carbons (Fsp3) is 0.500. The Hall–Kier alpha value is -1.65. The van der Waals surface area contributed by atoms with Crippen molar-refractivity contribution in [3.05, 3.63) is 41.0 Å². The van der Waals surface area contributed by atoms with Gasteiger partial charge in [0.15, 0.2) is 0 Å². The Labute approximate surface area is 132 Å². The molecule has 4 heteroatoms. The topological polar surface area (TPSA) is 58.6 Å². The van der Waals surface area contributed by atoms with E-state index in [-0.39, 0.29) is 19.1 Å². The molecule has 0 aliphatic heterocycles. The second kappa shape index (κ2) is 8.11. The molecule has 1 saturated carbocycles. The summed E-state index contributed by atoms with van der Waals surface area (Å²) in [7, 11) is 0. The summed E-state index contributed by atoms with van der Waals surface area (Å²) in [5.41, 5.74) is 2.80. The van der Waals surface area contributed by atoms with E-state index in [1.165, 1.54) is 18.4 Å². The Morgan fingerprint density at radius 3 is 2.73 bits per heavy atom. The lowest BCUT2D eigenvalue weighted by Gasteiger charge is -2.12. The first-order valence-corrected chi connectivity index (χ1v) is 7.83. The number of aliphatic hydroxyl groups is 1. The molecule has 0 heterocycles. The van der Waals surface area contributed by atoms with E-state index in [0.717, 1.165) is 12.2 Å². The van der Waals surface area contributed by atoms with Gasteiger partial charge in [-0.3, -0.25) is 4.79 Å². The molecule has 1 aromatic carbocycles. The van der Waals surface area contributed by atoms with Crippen LogP contribution in [-0.4, -0.2) is 36.9 Å². The van der Waals surface area contributed by atoms with Crippen molar-refractivity contribution in [1.29, 1.82) is 0 Å². The number of nitrogens with one attached hydrogen (secondary N) is 1. The zero-order valence-electron chi connectivity index (χ0n) is 13.3. The van der Waals surface area contributed by atoms with Crippen LogP contribution in [0.25, 0.3) is 6.08 Å². The summed E-state index contributed by atoms with van der Waals surface area (Å²) < 4.78 is 5.40. The van der Waals surface area contributed by atoms with Crippen LogP contribution in [0.2, 0.25) is 0 Å². The summed E-state index contributed by atoms with van der Waals surface area (Å²) in [5, 5.41) is 12.5. The minimum Gasteiger partial charge on any atom is -0.389 e. The SMILES string of the molecule is C/C(=C/c1ccc(C)cc1)C(=O)NCC(O)COCC1CC1. The molecule has 1 atom stereocenters. The van der Waals surface area contributed by atoms with E-state index in [1.807, 2.05) is 37.3 Å². The van der Waals surface area contributed by atoms with Crippen molar-refractivity contribution in [2.75, 3.05) is 19.8 Å². The van der Waals surface area contributed by atoms with E-state index in [4.69, 9.17) is 4.74 Å². The van der Waals surface area contributed by atoms with Gasteiger partial charge < -0.3 is 15.2 Å². The molecule has 0 saturated heterocycles. The first kappa shape index (κ1) is 16.7. The maximum absolute atomic E-state index is 12.0. The molecule has 2 N–H and O–H groups in total. The van der Waals surface area contributed by atoms with Gasteiger partial charge in [-0.05, 0) is 44.2 Å². The van der Waals surface area contributed by atoms with Crippen LogP contribution in [0.4, 0.5) is 0 Å². The van der Waals surface area contributed by atoms with Gasteiger partial charge in [0.1, 0.15) is 0 Å². The second-order valence-corrected chi connectivity index (χ2v) is 6.08. The molecule has 4 nitrogen and oxygen atoms in total. The molecule has 0 spiro atoms. The van der Waals surface area contributed by atoms with Crippen LogP contribution in [0.5, 0.6) is 0 Å². The van der Waals surface area contributed by atoms with Crippen LogP contribution in [0.1, 0.15) is 30.9 Å². The minimum absolute atomic E-state index is 0.165. The Kier molecular flexibility index (Phi) is 6.16. The van der Waals surface area contributed by atoms with Crippen molar-refractivity contribution in [2.24, 2.45) is 5.92 Å². The lowest BCUT2D eigenvalue weighted by molar-refractivity contribution is -0.118. The average molecular weight is 303 g/mol. The quantitative estimate of drug-likeness (QED) is 0.725. The number of rotatable bonds is 8. The first-order valence-electron chi connectivity index (χ1n) is 7.83. The molecular weight excluding hydrogens is 278 g/mol. The number of carbonyl (C=O) groups excluding carboxylic acids is 1. The van der Waals surface area contributed by atoms with Gasteiger partial charge in [0, 0.05) is 18.7 Å². The van der Waals surface area contributed by atoms with Gasteiger partial charge in [-0.2, -0.15) is 0 Å². The summed E-state index contributed by atoms with van der Waals surface area (Å²) >= 11 is 0. The Balaban J connectivity index is 1.71. The number of carbonyl (C=O) groups is 1. The van der Waals surface area contributed by atoms with E-state index in [2.05, 4.69) is 5.32 Å². The van der Waals surface area contributed by atoms with Gasteiger partial charge in [-0.15, -0.1) is 0 Å². The van der Waals surface area contributed by atoms with Crippen LogP contribution in [0, 0.1) is 12.8 Å². The molecule has 1 aliphatic rings. The van der Waals surface area contributed by atoms with Crippen molar-refractivity contribution in [1.82, 2.24) is 5.32 Å². The summed E-state index contributed by atoms with van der Waals surface area (Å²) in [6, 6.07) is 7.98. The number of ether oxygens (including phenoxy) is 1. The molecule has 1 aromatic rings. The van der Waals surface area contributed by atoms with Crippen molar-refractivity contribution >= 4 is 12.0 Å². The zero-order valence-corrected chi connectivity index (χ0v) is 13.3. The van der Waals surface area contributed by atoms with Gasteiger partial charge in [0.05, 0.1) is 12.7 Å². The highest BCUT2D eigenvalue weighted by Crippen LogP contribution is 2.28. The number of aryl methyl sites for hydroxylation is 1. The lowest BCUT2D eigenvalue weighted by atomic mass is 10.1. The summed E-state index contributed by atoms with van der Waals surface area (Å²) in [5.74, 6) is 0.517. The van der Waals surface area contributed by atoms with Crippen molar-refractivity contribution in [3.8, 4) is 0 Å². The standard InChI is InChI=1S/C18H25NO3/c1-13-3-5-15(6-4-13)9-14(2)18(21)19-10-17(20)12-22-11-16-7-8-16/h3-6,9,16-17,20H,7-8,10-12H2,1-2H3,(H,19,21)/b14-9-. The predicted octanol–water partition coefficient (Wildman–Crippen LogP) is 2.30. The fourth-order valence-electron chi connectivity index (χ4n) is 2.04. The highest BCUT2D eigenvalue weighted by molar-refractivity contribution is 5.97. The van der Waals surface area contributed by atoms with Gasteiger partial charge in [-0.25, -0.2) is 0 Å². The van der Waals surface area contributed by atoms with Crippen molar-refractivity contribution < 1.29 is 14.6 Å². The van der Waals surface area contributed by atoms with Gasteiger partial charge in [0.2, 0.25) is 5.91 Å². The molecule has 1 amide bonds. The second-order valence-electron chi connectivity index (χ2n) is 6.08. The molecule has 0 aromatic heterocycles. The maximum atomic E-state index is 12.0. The monoisotopic (exact) mass is 303 g/mol. The first-order chi connectivity index (χ1) is 10.5. The maximum Gasteiger partial charge on any atom is 0.247 e. The Morgan fingerprint density at radius 2 is 2.09 bits per heavy atom. The molecular formula is C18H25NO3. The summed E-state index contributed by atoms with van der Waals surface area (Å²) in [4.78, 5) is 12.0. The van der Waals surface area contributed by atoms with Crippen LogP contribution in [-0.2, 0) is 9.53 Å². The molecule has 1 fully saturated rings. The zero-order chi connectivity index (χ0) is 15.9. The van der Waals surface area contributed by atoms with Crippen LogP contribution < -0.4 is 5.32 Å². The highest BCUT2D eigenvalue weighted by Gasteiger charge is 2.21. The van der Waals surface area contributed by atoms with E-state index in [1.54, 1.807) is 6.92 Å². The average Bonchev–Trinajstić information content (AvgIpc) is 3.31. The number of hydrogen-bond donors (Lipinski definition) is 2. The third-order valence-corrected chi connectivity index (χ3v) is 3.68. The Morgan fingerprint density at radius 1 is 1.41 bits per heavy atom. The summed E-state index contributed by atoms with van der Waals surface area (Å²) in [6.45, 7) is 5.00. The Bertz CT molecular complexity index is 518. The van der Waals surface area contributed by atoms with Crippen LogP contribution in [0.3, 0.4) is 0 Å². The normalized spacial score (nSPS) is 16.4.